The SMILES string of the molecule is C1CC(N2CCSSCC2)CCN1. The van der Waals surface area contributed by atoms with Crippen LogP contribution >= 0.6 is 21.6 Å². The monoisotopic (exact) mass is 218 g/mol. The van der Waals surface area contributed by atoms with E-state index in [0.717, 1.165) is 6.04 Å². The molecule has 2 nitrogen and oxygen atoms in total. The maximum absolute atomic E-state index is 3.43. The van der Waals surface area contributed by atoms with Crippen molar-refractivity contribution in [3.63, 3.8) is 0 Å². The van der Waals surface area contributed by atoms with Crippen LogP contribution in [0.5, 0.6) is 0 Å². The molecule has 2 aliphatic heterocycles. The maximum Gasteiger partial charge on any atom is 0.0165 e. The molecule has 2 saturated heterocycles. The van der Waals surface area contributed by atoms with Gasteiger partial charge in [0, 0.05) is 30.6 Å². The molecule has 2 rings (SSSR count). The third kappa shape index (κ3) is 3.05. The predicted molar refractivity (Wildman–Crippen MR) is 62.4 cm³/mol. The first kappa shape index (κ1) is 10.1. The molecule has 4 heteroatoms. The van der Waals surface area contributed by atoms with Crippen LogP contribution in [0.25, 0.3) is 0 Å². The summed E-state index contributed by atoms with van der Waals surface area (Å²) in [6.07, 6.45) is 2.71. The Morgan fingerprint density at radius 2 is 1.62 bits per heavy atom. The fourth-order valence-electron chi connectivity index (χ4n) is 2.08. The summed E-state index contributed by atoms with van der Waals surface area (Å²) in [7, 11) is 4.09. The highest BCUT2D eigenvalue weighted by Gasteiger charge is 2.21. The van der Waals surface area contributed by atoms with Crippen molar-refractivity contribution in [3.8, 4) is 0 Å². The standard InChI is InChI=1S/C9H18N2S2/c1-3-10-4-2-9(1)11-5-7-12-13-8-6-11/h9-10H,1-8H2. The normalized spacial score (nSPS) is 28.6. The van der Waals surface area contributed by atoms with E-state index in [9.17, 15) is 0 Å². The molecule has 13 heavy (non-hydrogen) atoms. The van der Waals surface area contributed by atoms with Gasteiger partial charge in [0.1, 0.15) is 0 Å². The van der Waals surface area contributed by atoms with Gasteiger partial charge in [0.25, 0.3) is 0 Å². The second-order valence-electron chi connectivity index (χ2n) is 3.66. The zero-order valence-electron chi connectivity index (χ0n) is 8.00. The molecule has 0 bridgehead atoms. The first-order valence-corrected chi connectivity index (χ1v) is 7.65. The van der Waals surface area contributed by atoms with Crippen molar-refractivity contribution in [1.29, 1.82) is 0 Å². The summed E-state index contributed by atoms with van der Waals surface area (Å²) in [5.41, 5.74) is 0. The molecule has 0 atom stereocenters. The van der Waals surface area contributed by atoms with E-state index in [0.29, 0.717) is 0 Å². The topological polar surface area (TPSA) is 15.3 Å². The maximum atomic E-state index is 3.43. The van der Waals surface area contributed by atoms with Gasteiger partial charge in [-0.3, -0.25) is 4.90 Å². The lowest BCUT2D eigenvalue weighted by atomic mass is 10.1. The lowest BCUT2D eigenvalue weighted by molar-refractivity contribution is 0.182. The predicted octanol–water partition coefficient (Wildman–Crippen LogP) is 1.44. The third-order valence-electron chi connectivity index (χ3n) is 2.83. The van der Waals surface area contributed by atoms with E-state index in [1.807, 2.05) is 21.6 Å². The molecule has 0 saturated carbocycles. The Hall–Kier alpha value is 0.620. The minimum Gasteiger partial charge on any atom is -0.317 e. The highest BCUT2D eigenvalue weighted by Crippen LogP contribution is 2.25. The summed E-state index contributed by atoms with van der Waals surface area (Å²) in [5, 5.41) is 3.43. The van der Waals surface area contributed by atoms with Crippen molar-refractivity contribution in [2.24, 2.45) is 0 Å². The summed E-state index contributed by atoms with van der Waals surface area (Å²) in [5.74, 6) is 2.63. The molecule has 76 valence electrons. The van der Waals surface area contributed by atoms with E-state index in [2.05, 4.69) is 10.2 Å². The van der Waals surface area contributed by atoms with Crippen molar-refractivity contribution in [2.75, 3.05) is 37.7 Å². The third-order valence-corrected chi connectivity index (χ3v) is 5.20. The van der Waals surface area contributed by atoms with Crippen LogP contribution in [0, 0.1) is 0 Å². The number of nitrogens with one attached hydrogen (secondary N) is 1. The largest absolute Gasteiger partial charge is 0.317 e. The van der Waals surface area contributed by atoms with Gasteiger partial charge in [0.15, 0.2) is 0 Å². The van der Waals surface area contributed by atoms with Gasteiger partial charge in [0.2, 0.25) is 0 Å². The van der Waals surface area contributed by atoms with Crippen LogP contribution in [0.15, 0.2) is 0 Å². The second-order valence-corrected chi connectivity index (χ2v) is 6.36. The number of hydrogen-bond donors (Lipinski definition) is 1. The van der Waals surface area contributed by atoms with Gasteiger partial charge in [-0.15, -0.1) is 0 Å². The molecular weight excluding hydrogens is 200 g/mol. The lowest BCUT2D eigenvalue weighted by Gasteiger charge is -2.33. The van der Waals surface area contributed by atoms with E-state index < -0.39 is 0 Å². The lowest BCUT2D eigenvalue weighted by Crippen LogP contribution is -2.44. The van der Waals surface area contributed by atoms with Gasteiger partial charge in [-0.2, -0.15) is 0 Å². The first-order valence-electron chi connectivity index (χ1n) is 5.16. The van der Waals surface area contributed by atoms with Gasteiger partial charge < -0.3 is 5.32 Å². The minimum absolute atomic E-state index is 0.876. The molecule has 0 aromatic heterocycles. The summed E-state index contributed by atoms with van der Waals surface area (Å²) >= 11 is 0. The molecule has 2 fully saturated rings. The molecule has 0 aliphatic carbocycles. The number of rotatable bonds is 1. The molecule has 0 unspecified atom stereocenters. The fourth-order valence-corrected chi connectivity index (χ4v) is 4.08. The Morgan fingerprint density at radius 1 is 1.00 bits per heavy atom. The van der Waals surface area contributed by atoms with Crippen LogP contribution in [0.1, 0.15) is 12.8 Å². The van der Waals surface area contributed by atoms with Crippen molar-refractivity contribution in [3.05, 3.63) is 0 Å². The van der Waals surface area contributed by atoms with Crippen LogP contribution in [-0.2, 0) is 0 Å². The zero-order valence-corrected chi connectivity index (χ0v) is 9.63. The second kappa shape index (κ2) is 5.49. The minimum atomic E-state index is 0.876. The Morgan fingerprint density at radius 3 is 2.23 bits per heavy atom. The van der Waals surface area contributed by atoms with Gasteiger partial charge >= 0.3 is 0 Å². The van der Waals surface area contributed by atoms with Crippen LogP contribution in [0.2, 0.25) is 0 Å². The van der Waals surface area contributed by atoms with E-state index in [1.165, 1.54) is 50.5 Å². The number of hydrogen-bond acceptors (Lipinski definition) is 4. The Labute approximate surface area is 88.6 Å². The van der Waals surface area contributed by atoms with E-state index >= 15 is 0 Å². The van der Waals surface area contributed by atoms with Crippen LogP contribution < -0.4 is 5.32 Å². The molecule has 2 heterocycles. The quantitative estimate of drug-likeness (QED) is 0.670. The van der Waals surface area contributed by atoms with Crippen LogP contribution in [-0.4, -0.2) is 48.6 Å². The van der Waals surface area contributed by atoms with Gasteiger partial charge in [-0.25, -0.2) is 0 Å². The smallest absolute Gasteiger partial charge is 0.0165 e. The molecule has 0 aromatic rings. The van der Waals surface area contributed by atoms with Crippen molar-refractivity contribution in [2.45, 2.75) is 18.9 Å². The Bertz CT molecular complexity index is 141. The molecule has 1 N–H and O–H groups in total. The van der Waals surface area contributed by atoms with Gasteiger partial charge in [-0.1, -0.05) is 21.6 Å². The molecular formula is C9H18N2S2. The summed E-state index contributed by atoms with van der Waals surface area (Å²) in [6.45, 7) is 5.06. The Kier molecular flexibility index (Phi) is 4.28. The van der Waals surface area contributed by atoms with Crippen molar-refractivity contribution in [1.82, 2.24) is 10.2 Å². The van der Waals surface area contributed by atoms with E-state index in [1.54, 1.807) is 0 Å². The first-order chi connectivity index (χ1) is 6.47. The van der Waals surface area contributed by atoms with Crippen molar-refractivity contribution >= 4 is 21.6 Å². The van der Waals surface area contributed by atoms with Crippen LogP contribution in [0.3, 0.4) is 0 Å². The molecule has 0 spiro atoms. The highest BCUT2D eigenvalue weighted by molar-refractivity contribution is 8.76. The Balaban J connectivity index is 1.82. The zero-order chi connectivity index (χ0) is 8.93. The van der Waals surface area contributed by atoms with Gasteiger partial charge in [0.05, 0.1) is 0 Å². The summed E-state index contributed by atoms with van der Waals surface area (Å²) in [4.78, 5) is 2.70. The number of nitrogens with zero attached hydrogens (tertiary/aromatic N) is 1. The molecule has 0 aromatic carbocycles. The average Bonchev–Trinajstić information content (AvgIpc) is 2.47. The number of piperidine rings is 1. The van der Waals surface area contributed by atoms with Gasteiger partial charge in [-0.05, 0) is 25.9 Å². The van der Waals surface area contributed by atoms with Crippen molar-refractivity contribution < 1.29 is 0 Å². The van der Waals surface area contributed by atoms with E-state index in [4.69, 9.17) is 0 Å². The average molecular weight is 218 g/mol. The summed E-state index contributed by atoms with van der Waals surface area (Å²) < 4.78 is 0. The molecule has 2 aliphatic rings. The summed E-state index contributed by atoms with van der Waals surface area (Å²) in [6, 6.07) is 0.876. The molecule has 0 radical (unpaired) electrons. The van der Waals surface area contributed by atoms with E-state index in [-0.39, 0.29) is 0 Å². The van der Waals surface area contributed by atoms with Crippen LogP contribution in [0.4, 0.5) is 0 Å². The molecule has 0 amide bonds. The fraction of sp³-hybridized carbons (Fsp3) is 1.00. The highest BCUT2D eigenvalue weighted by atomic mass is 33.1.